The van der Waals surface area contributed by atoms with E-state index in [9.17, 15) is 9.18 Å². The summed E-state index contributed by atoms with van der Waals surface area (Å²) in [6.07, 6.45) is 0.125. The summed E-state index contributed by atoms with van der Waals surface area (Å²) in [5.74, 6) is -0.505. The molecule has 2 aromatic rings. The third-order valence-corrected chi connectivity index (χ3v) is 3.98. The van der Waals surface area contributed by atoms with Gasteiger partial charge in [0.05, 0.1) is 29.1 Å². The SMILES string of the molecule is CC(NC(=O)CCOc1ccccc1F)c1ccc(Cl)c(Cl)c1. The zero-order valence-electron chi connectivity index (χ0n) is 12.5. The van der Waals surface area contributed by atoms with Crippen LogP contribution in [0.3, 0.4) is 0 Å². The normalized spacial score (nSPS) is 11.8. The molecule has 0 aliphatic rings. The van der Waals surface area contributed by atoms with E-state index in [0.29, 0.717) is 10.0 Å². The Labute approximate surface area is 144 Å². The lowest BCUT2D eigenvalue weighted by atomic mass is 10.1. The van der Waals surface area contributed by atoms with Crippen LogP contribution in [0, 0.1) is 5.82 Å². The molecule has 1 unspecified atom stereocenters. The van der Waals surface area contributed by atoms with Crippen LogP contribution in [0.1, 0.15) is 24.9 Å². The molecule has 0 fully saturated rings. The van der Waals surface area contributed by atoms with Gasteiger partial charge in [-0.1, -0.05) is 41.4 Å². The van der Waals surface area contributed by atoms with Gasteiger partial charge in [0.2, 0.25) is 5.91 Å². The number of hydrogen-bond donors (Lipinski definition) is 1. The molecule has 122 valence electrons. The third kappa shape index (κ3) is 5.12. The quantitative estimate of drug-likeness (QED) is 0.809. The summed E-state index contributed by atoms with van der Waals surface area (Å²) in [5.41, 5.74) is 0.850. The van der Waals surface area contributed by atoms with Crippen LogP contribution in [0.4, 0.5) is 4.39 Å². The van der Waals surface area contributed by atoms with Crippen LogP contribution in [0.2, 0.25) is 10.0 Å². The summed E-state index contributed by atoms with van der Waals surface area (Å²) < 4.78 is 18.6. The lowest BCUT2D eigenvalue weighted by Gasteiger charge is -2.15. The molecule has 0 spiro atoms. The first-order valence-electron chi connectivity index (χ1n) is 7.09. The minimum absolute atomic E-state index is 0.0981. The number of amides is 1. The number of carbonyl (C=O) groups excluding carboxylic acids is 1. The van der Waals surface area contributed by atoms with Gasteiger partial charge in [0.15, 0.2) is 11.6 Å². The Balaban J connectivity index is 1.82. The predicted octanol–water partition coefficient (Wildman–Crippen LogP) is 4.78. The van der Waals surface area contributed by atoms with Crippen molar-refractivity contribution >= 4 is 29.1 Å². The Kier molecular flexibility index (Phi) is 6.25. The average Bonchev–Trinajstić information content (AvgIpc) is 2.51. The number of hydrogen-bond acceptors (Lipinski definition) is 2. The van der Waals surface area contributed by atoms with Crippen LogP contribution >= 0.6 is 23.2 Å². The molecule has 0 aliphatic heterocycles. The zero-order valence-corrected chi connectivity index (χ0v) is 14.0. The summed E-state index contributed by atoms with van der Waals surface area (Å²) in [5, 5.41) is 3.73. The second-order valence-electron chi connectivity index (χ2n) is 4.99. The predicted molar refractivity (Wildman–Crippen MR) is 89.5 cm³/mol. The second kappa shape index (κ2) is 8.18. The van der Waals surface area contributed by atoms with Gasteiger partial charge in [0.25, 0.3) is 0 Å². The molecule has 1 N–H and O–H groups in total. The van der Waals surface area contributed by atoms with E-state index in [1.165, 1.54) is 12.1 Å². The molecule has 2 rings (SSSR count). The van der Waals surface area contributed by atoms with Crippen molar-refractivity contribution in [2.24, 2.45) is 0 Å². The van der Waals surface area contributed by atoms with Crippen molar-refractivity contribution in [1.29, 1.82) is 0 Å². The maximum absolute atomic E-state index is 13.4. The van der Waals surface area contributed by atoms with Crippen LogP contribution in [0.15, 0.2) is 42.5 Å². The van der Waals surface area contributed by atoms with E-state index < -0.39 is 5.82 Å². The Bertz CT molecular complexity index is 694. The highest BCUT2D eigenvalue weighted by Gasteiger charge is 2.11. The van der Waals surface area contributed by atoms with E-state index in [1.54, 1.807) is 30.3 Å². The van der Waals surface area contributed by atoms with Crippen LogP contribution in [-0.2, 0) is 4.79 Å². The number of ether oxygens (including phenoxy) is 1. The molecule has 0 heterocycles. The second-order valence-corrected chi connectivity index (χ2v) is 5.81. The van der Waals surface area contributed by atoms with E-state index in [4.69, 9.17) is 27.9 Å². The molecular formula is C17H16Cl2FNO2. The van der Waals surface area contributed by atoms with Crippen LogP contribution in [-0.4, -0.2) is 12.5 Å². The molecule has 0 saturated carbocycles. The highest BCUT2D eigenvalue weighted by Crippen LogP contribution is 2.25. The summed E-state index contributed by atoms with van der Waals surface area (Å²) in [6.45, 7) is 1.94. The van der Waals surface area contributed by atoms with Crippen molar-refractivity contribution in [2.45, 2.75) is 19.4 Å². The number of nitrogens with one attached hydrogen (secondary N) is 1. The third-order valence-electron chi connectivity index (χ3n) is 3.24. The van der Waals surface area contributed by atoms with Gasteiger partial charge in [-0.05, 0) is 36.8 Å². The van der Waals surface area contributed by atoms with E-state index in [-0.39, 0.29) is 30.7 Å². The van der Waals surface area contributed by atoms with Gasteiger partial charge in [-0.25, -0.2) is 4.39 Å². The van der Waals surface area contributed by atoms with Gasteiger partial charge in [-0.15, -0.1) is 0 Å². The highest BCUT2D eigenvalue weighted by atomic mass is 35.5. The van der Waals surface area contributed by atoms with Crippen LogP contribution in [0.5, 0.6) is 5.75 Å². The van der Waals surface area contributed by atoms with Crippen molar-refractivity contribution in [3.8, 4) is 5.75 Å². The van der Waals surface area contributed by atoms with Crippen molar-refractivity contribution in [3.05, 3.63) is 63.9 Å². The Morgan fingerprint density at radius 3 is 2.65 bits per heavy atom. The summed E-state index contributed by atoms with van der Waals surface area (Å²) in [6, 6.07) is 11.1. The van der Waals surface area contributed by atoms with Crippen LogP contribution in [0.25, 0.3) is 0 Å². The fourth-order valence-electron chi connectivity index (χ4n) is 1.99. The van der Waals surface area contributed by atoms with E-state index in [0.717, 1.165) is 5.56 Å². The summed E-state index contributed by atoms with van der Waals surface area (Å²) >= 11 is 11.8. The first-order chi connectivity index (χ1) is 11.0. The van der Waals surface area contributed by atoms with Crippen molar-refractivity contribution in [2.75, 3.05) is 6.61 Å². The largest absolute Gasteiger partial charge is 0.490 e. The summed E-state index contributed by atoms with van der Waals surface area (Å²) in [7, 11) is 0. The molecule has 6 heteroatoms. The molecule has 23 heavy (non-hydrogen) atoms. The van der Waals surface area contributed by atoms with Gasteiger partial charge in [-0.2, -0.15) is 0 Å². The summed E-state index contributed by atoms with van der Waals surface area (Å²) in [4.78, 5) is 11.9. The van der Waals surface area contributed by atoms with E-state index >= 15 is 0 Å². The fourth-order valence-corrected chi connectivity index (χ4v) is 2.30. The van der Waals surface area contributed by atoms with Gasteiger partial charge in [0, 0.05) is 0 Å². The Morgan fingerprint density at radius 2 is 1.96 bits per heavy atom. The van der Waals surface area contributed by atoms with E-state index in [2.05, 4.69) is 5.32 Å². The molecule has 0 radical (unpaired) electrons. The number of para-hydroxylation sites is 1. The first kappa shape index (κ1) is 17.6. The molecular weight excluding hydrogens is 340 g/mol. The first-order valence-corrected chi connectivity index (χ1v) is 7.84. The van der Waals surface area contributed by atoms with Crippen molar-refractivity contribution in [3.63, 3.8) is 0 Å². The topological polar surface area (TPSA) is 38.3 Å². The molecule has 0 aliphatic carbocycles. The van der Waals surface area contributed by atoms with E-state index in [1.807, 2.05) is 6.92 Å². The highest BCUT2D eigenvalue weighted by molar-refractivity contribution is 6.42. The Hall–Kier alpha value is -1.78. The molecule has 0 saturated heterocycles. The number of benzene rings is 2. The van der Waals surface area contributed by atoms with Gasteiger partial charge >= 0.3 is 0 Å². The maximum Gasteiger partial charge on any atom is 0.223 e. The zero-order chi connectivity index (χ0) is 16.8. The van der Waals surface area contributed by atoms with Crippen LogP contribution < -0.4 is 10.1 Å². The van der Waals surface area contributed by atoms with Crippen molar-refractivity contribution in [1.82, 2.24) is 5.32 Å². The minimum Gasteiger partial charge on any atom is -0.490 e. The lowest BCUT2D eigenvalue weighted by Crippen LogP contribution is -2.27. The average molecular weight is 356 g/mol. The maximum atomic E-state index is 13.4. The molecule has 0 bridgehead atoms. The van der Waals surface area contributed by atoms with Crippen molar-refractivity contribution < 1.29 is 13.9 Å². The molecule has 3 nitrogen and oxygen atoms in total. The molecule has 2 aromatic carbocycles. The molecule has 1 atom stereocenters. The van der Waals surface area contributed by atoms with Gasteiger partial charge in [0.1, 0.15) is 0 Å². The smallest absolute Gasteiger partial charge is 0.223 e. The fraction of sp³-hybridized carbons (Fsp3) is 0.235. The standard InChI is InChI=1S/C17H16Cl2FNO2/c1-11(12-6-7-13(18)14(19)10-12)21-17(22)8-9-23-16-5-3-2-4-15(16)20/h2-7,10-11H,8-9H2,1H3,(H,21,22). The minimum atomic E-state index is -0.447. The number of carbonyl (C=O) groups is 1. The van der Waals surface area contributed by atoms with Gasteiger partial charge < -0.3 is 10.1 Å². The Morgan fingerprint density at radius 1 is 1.22 bits per heavy atom. The number of halogens is 3. The number of rotatable bonds is 6. The van der Waals surface area contributed by atoms with Gasteiger partial charge in [-0.3, -0.25) is 4.79 Å². The molecule has 0 aromatic heterocycles. The monoisotopic (exact) mass is 355 g/mol. The molecule has 1 amide bonds. The lowest BCUT2D eigenvalue weighted by molar-refractivity contribution is -0.122.